The summed E-state index contributed by atoms with van der Waals surface area (Å²) in [6, 6.07) is 20.6. The SMILES string of the molecule is COc1ccc(-c2nc(CS(=O)(=O)OC)oc2-c2ccc(OCc3ccccc3)cc2)cn1. The van der Waals surface area contributed by atoms with Crippen LogP contribution in [0.4, 0.5) is 0 Å². The van der Waals surface area contributed by atoms with E-state index in [9.17, 15) is 8.42 Å². The Labute approximate surface area is 191 Å². The lowest BCUT2D eigenvalue weighted by Crippen LogP contribution is -2.05. The van der Waals surface area contributed by atoms with Crippen molar-refractivity contribution in [1.82, 2.24) is 9.97 Å². The maximum absolute atomic E-state index is 11.9. The molecule has 0 spiro atoms. The molecule has 2 heterocycles. The van der Waals surface area contributed by atoms with Crippen LogP contribution in [0.15, 0.2) is 77.3 Å². The van der Waals surface area contributed by atoms with Gasteiger partial charge in [0.1, 0.15) is 18.1 Å². The Bertz CT molecular complexity index is 1300. The van der Waals surface area contributed by atoms with E-state index < -0.39 is 15.9 Å². The summed E-state index contributed by atoms with van der Waals surface area (Å²) >= 11 is 0. The highest BCUT2D eigenvalue weighted by Crippen LogP contribution is 2.34. The monoisotopic (exact) mass is 466 g/mol. The minimum absolute atomic E-state index is 0.0158. The number of hydrogen-bond acceptors (Lipinski definition) is 8. The molecule has 0 radical (unpaired) electrons. The Morgan fingerprint density at radius 2 is 1.64 bits per heavy atom. The Balaban J connectivity index is 1.63. The van der Waals surface area contributed by atoms with Crippen molar-refractivity contribution in [3.05, 3.63) is 84.4 Å². The third-order valence-corrected chi connectivity index (χ3v) is 5.92. The molecule has 0 aliphatic heterocycles. The molecular formula is C24H22N2O6S. The van der Waals surface area contributed by atoms with Crippen molar-refractivity contribution >= 4 is 10.1 Å². The standard InChI is InChI=1S/C24H22N2O6S/c1-29-21-13-10-19(14-25-21)23-24(32-22(26-23)16-33(27,28)30-2)18-8-11-20(12-9-18)31-15-17-6-4-3-5-7-17/h3-14H,15-16H2,1-2H3. The minimum Gasteiger partial charge on any atom is -0.489 e. The number of rotatable bonds is 9. The molecule has 0 saturated heterocycles. The number of hydrogen-bond donors (Lipinski definition) is 0. The lowest BCUT2D eigenvalue weighted by atomic mass is 10.1. The molecule has 0 amide bonds. The second-order valence-electron chi connectivity index (χ2n) is 7.04. The Morgan fingerprint density at radius 3 is 2.27 bits per heavy atom. The van der Waals surface area contributed by atoms with Gasteiger partial charge in [0.05, 0.1) is 14.2 Å². The summed E-state index contributed by atoms with van der Waals surface area (Å²) in [5.74, 6) is 1.08. The Hall–Kier alpha value is -3.69. The van der Waals surface area contributed by atoms with Gasteiger partial charge in [-0.1, -0.05) is 30.3 Å². The van der Waals surface area contributed by atoms with Gasteiger partial charge in [0, 0.05) is 23.4 Å². The molecule has 0 bridgehead atoms. The molecule has 0 atom stereocenters. The zero-order valence-electron chi connectivity index (χ0n) is 18.1. The fourth-order valence-electron chi connectivity index (χ4n) is 3.11. The third kappa shape index (κ3) is 5.57. The van der Waals surface area contributed by atoms with Crippen molar-refractivity contribution in [2.24, 2.45) is 0 Å². The van der Waals surface area contributed by atoms with E-state index in [4.69, 9.17) is 13.9 Å². The molecule has 0 N–H and O–H groups in total. The van der Waals surface area contributed by atoms with Crippen molar-refractivity contribution in [2.75, 3.05) is 14.2 Å². The largest absolute Gasteiger partial charge is 0.489 e. The van der Waals surface area contributed by atoms with Gasteiger partial charge in [-0.2, -0.15) is 8.42 Å². The zero-order valence-corrected chi connectivity index (χ0v) is 18.9. The first kappa shape index (κ1) is 22.5. The molecule has 0 fully saturated rings. The molecule has 0 saturated carbocycles. The van der Waals surface area contributed by atoms with Crippen molar-refractivity contribution in [1.29, 1.82) is 0 Å². The van der Waals surface area contributed by atoms with Crippen LogP contribution in [-0.2, 0) is 26.7 Å². The van der Waals surface area contributed by atoms with Crippen LogP contribution in [0.5, 0.6) is 11.6 Å². The fourth-order valence-corrected chi connectivity index (χ4v) is 3.66. The van der Waals surface area contributed by atoms with Crippen LogP contribution >= 0.6 is 0 Å². The van der Waals surface area contributed by atoms with Gasteiger partial charge in [0.25, 0.3) is 10.1 Å². The first-order chi connectivity index (χ1) is 16.0. The molecule has 170 valence electrons. The summed E-state index contributed by atoms with van der Waals surface area (Å²) in [6.45, 7) is 0.449. The highest BCUT2D eigenvalue weighted by Gasteiger charge is 2.22. The quantitative estimate of drug-likeness (QED) is 0.333. The fraction of sp³-hybridized carbons (Fsp3) is 0.167. The molecule has 8 nitrogen and oxygen atoms in total. The van der Waals surface area contributed by atoms with Crippen LogP contribution in [0.2, 0.25) is 0 Å². The number of nitrogens with zero attached hydrogens (tertiary/aromatic N) is 2. The van der Waals surface area contributed by atoms with E-state index in [0.29, 0.717) is 40.8 Å². The number of methoxy groups -OCH3 is 1. The van der Waals surface area contributed by atoms with Crippen molar-refractivity contribution in [3.8, 4) is 34.2 Å². The lowest BCUT2D eigenvalue weighted by Gasteiger charge is -2.07. The highest BCUT2D eigenvalue weighted by molar-refractivity contribution is 7.85. The second kappa shape index (κ2) is 9.85. The van der Waals surface area contributed by atoms with E-state index in [2.05, 4.69) is 14.2 Å². The average molecular weight is 467 g/mol. The van der Waals surface area contributed by atoms with E-state index >= 15 is 0 Å². The number of pyridine rings is 1. The molecular weight excluding hydrogens is 444 g/mol. The van der Waals surface area contributed by atoms with E-state index in [1.165, 1.54) is 7.11 Å². The average Bonchev–Trinajstić information content (AvgIpc) is 3.26. The highest BCUT2D eigenvalue weighted by atomic mass is 32.2. The normalized spacial score (nSPS) is 11.3. The summed E-state index contributed by atoms with van der Waals surface area (Å²) in [4.78, 5) is 8.61. The molecule has 0 aliphatic rings. The molecule has 2 aromatic heterocycles. The Kier molecular flexibility index (Phi) is 6.71. The van der Waals surface area contributed by atoms with E-state index in [1.54, 1.807) is 18.3 Å². The number of benzene rings is 2. The van der Waals surface area contributed by atoms with Crippen molar-refractivity contribution < 1.29 is 26.5 Å². The van der Waals surface area contributed by atoms with Gasteiger partial charge in [0.15, 0.2) is 11.5 Å². The summed E-state index contributed by atoms with van der Waals surface area (Å²) in [5.41, 5.74) is 2.89. The van der Waals surface area contributed by atoms with Gasteiger partial charge in [-0.15, -0.1) is 0 Å². The first-order valence-corrected chi connectivity index (χ1v) is 11.6. The van der Waals surface area contributed by atoms with Gasteiger partial charge in [-0.3, -0.25) is 4.18 Å². The summed E-state index contributed by atoms with van der Waals surface area (Å²) in [7, 11) is -1.18. The van der Waals surface area contributed by atoms with E-state index in [-0.39, 0.29) is 5.89 Å². The maximum atomic E-state index is 11.9. The van der Waals surface area contributed by atoms with Crippen LogP contribution in [0.3, 0.4) is 0 Å². The summed E-state index contributed by atoms with van der Waals surface area (Å²) < 4.78 is 45.2. The van der Waals surface area contributed by atoms with Crippen LogP contribution in [-0.4, -0.2) is 32.6 Å². The predicted molar refractivity (Wildman–Crippen MR) is 122 cm³/mol. The summed E-state index contributed by atoms with van der Waals surface area (Å²) in [6.07, 6.45) is 1.59. The molecule has 0 aliphatic carbocycles. The smallest absolute Gasteiger partial charge is 0.276 e. The van der Waals surface area contributed by atoms with Gasteiger partial charge < -0.3 is 13.9 Å². The maximum Gasteiger partial charge on any atom is 0.276 e. The van der Waals surface area contributed by atoms with Crippen LogP contribution < -0.4 is 9.47 Å². The van der Waals surface area contributed by atoms with Gasteiger partial charge in [-0.05, 0) is 35.9 Å². The zero-order chi connectivity index (χ0) is 23.3. The predicted octanol–water partition coefficient (Wildman–Crippen LogP) is 4.47. The van der Waals surface area contributed by atoms with Crippen LogP contribution in [0.25, 0.3) is 22.6 Å². The lowest BCUT2D eigenvalue weighted by molar-refractivity contribution is 0.306. The molecule has 2 aromatic carbocycles. The number of aromatic nitrogens is 2. The van der Waals surface area contributed by atoms with Crippen LogP contribution in [0.1, 0.15) is 11.5 Å². The number of ether oxygens (including phenoxy) is 2. The minimum atomic E-state index is -3.80. The van der Waals surface area contributed by atoms with E-state index in [1.807, 2.05) is 54.6 Å². The molecule has 33 heavy (non-hydrogen) atoms. The topological polar surface area (TPSA) is 101 Å². The van der Waals surface area contributed by atoms with Crippen molar-refractivity contribution in [3.63, 3.8) is 0 Å². The van der Waals surface area contributed by atoms with Gasteiger partial charge in [-0.25, -0.2) is 9.97 Å². The number of oxazole rings is 1. The van der Waals surface area contributed by atoms with Gasteiger partial charge in [0.2, 0.25) is 11.8 Å². The van der Waals surface area contributed by atoms with Gasteiger partial charge >= 0.3 is 0 Å². The first-order valence-electron chi connectivity index (χ1n) is 10.0. The molecule has 0 unspecified atom stereocenters. The molecule has 4 rings (SSSR count). The summed E-state index contributed by atoms with van der Waals surface area (Å²) in [5, 5.41) is 0. The molecule has 9 heteroatoms. The molecule has 4 aromatic rings. The van der Waals surface area contributed by atoms with Crippen molar-refractivity contribution in [2.45, 2.75) is 12.4 Å². The van der Waals surface area contributed by atoms with E-state index in [0.717, 1.165) is 12.7 Å². The Morgan fingerprint density at radius 1 is 0.909 bits per heavy atom. The van der Waals surface area contributed by atoms with Crippen LogP contribution in [0, 0.1) is 0 Å². The third-order valence-electron chi connectivity index (χ3n) is 4.81. The second-order valence-corrected chi connectivity index (χ2v) is 8.78.